The lowest BCUT2D eigenvalue weighted by Gasteiger charge is -2.35. The number of hydrogen-bond donors (Lipinski definition) is 3. The number of nitrogens with zero attached hydrogens (tertiary/aromatic N) is 1. The minimum absolute atomic E-state index is 0.246. The average molecular weight is 408 g/mol. The number of carbonyl (C=O) groups is 2. The van der Waals surface area contributed by atoms with E-state index in [9.17, 15) is 9.59 Å². The number of pyridine rings is 1. The smallest absolute Gasteiger partial charge is 0.411 e. The maximum absolute atomic E-state index is 11.9. The Morgan fingerprint density at radius 3 is 2.89 bits per heavy atom. The summed E-state index contributed by atoms with van der Waals surface area (Å²) in [6.45, 7) is 0. The minimum atomic E-state index is -0.548. The Balaban J connectivity index is 1.87. The molecule has 9 heteroatoms. The quantitative estimate of drug-likeness (QED) is 0.512. The van der Waals surface area contributed by atoms with Gasteiger partial charge in [0.15, 0.2) is 0 Å². The topological polar surface area (TPSA) is 101 Å². The molecule has 2 aromatic rings. The summed E-state index contributed by atoms with van der Waals surface area (Å²) in [4.78, 5) is 29.6. The molecule has 1 aliphatic heterocycles. The average Bonchev–Trinajstić information content (AvgIpc) is 3.20. The molecule has 0 aliphatic carbocycles. The van der Waals surface area contributed by atoms with Crippen molar-refractivity contribution in [3.63, 3.8) is 0 Å². The van der Waals surface area contributed by atoms with Crippen molar-refractivity contribution in [3.05, 3.63) is 35.5 Å². The fraction of sp³-hybridized carbons (Fsp3) is 0.389. The molecule has 3 heterocycles. The molecule has 0 bridgehead atoms. The number of thiophene rings is 1. The SMILES string of the molecule is COC(=O)Nc1cncc(-c2ccc([C@@]3(CC(=O)NO)CCCCS3)s2)c1. The molecule has 1 fully saturated rings. The van der Waals surface area contributed by atoms with Crippen LogP contribution >= 0.6 is 23.1 Å². The van der Waals surface area contributed by atoms with Crippen molar-refractivity contribution in [2.75, 3.05) is 18.2 Å². The molecule has 0 saturated carbocycles. The summed E-state index contributed by atoms with van der Waals surface area (Å²) in [5, 5.41) is 11.6. The van der Waals surface area contributed by atoms with Crippen molar-refractivity contribution in [3.8, 4) is 10.4 Å². The van der Waals surface area contributed by atoms with Crippen LogP contribution in [0.3, 0.4) is 0 Å². The molecule has 2 aromatic heterocycles. The first-order valence-electron chi connectivity index (χ1n) is 8.54. The number of nitrogens with one attached hydrogen (secondary N) is 2. The molecule has 7 nitrogen and oxygen atoms in total. The number of methoxy groups -OCH3 is 1. The van der Waals surface area contributed by atoms with E-state index < -0.39 is 6.09 Å². The molecule has 144 valence electrons. The third-order valence-electron chi connectivity index (χ3n) is 4.43. The highest BCUT2D eigenvalue weighted by molar-refractivity contribution is 8.00. The zero-order valence-corrected chi connectivity index (χ0v) is 16.5. The molecule has 3 N–H and O–H groups in total. The molecular formula is C18H21N3O4S2. The highest BCUT2D eigenvalue weighted by Gasteiger charge is 2.38. The number of ether oxygens (including phenoxy) is 1. The van der Waals surface area contributed by atoms with Gasteiger partial charge in [0.1, 0.15) is 0 Å². The van der Waals surface area contributed by atoms with Gasteiger partial charge in [-0.25, -0.2) is 10.3 Å². The zero-order chi connectivity index (χ0) is 19.3. The molecule has 0 aromatic carbocycles. The van der Waals surface area contributed by atoms with Crippen LogP contribution < -0.4 is 10.8 Å². The summed E-state index contributed by atoms with van der Waals surface area (Å²) >= 11 is 3.39. The summed E-state index contributed by atoms with van der Waals surface area (Å²) in [6, 6.07) is 5.89. The number of thioether (sulfide) groups is 1. The van der Waals surface area contributed by atoms with Crippen molar-refractivity contribution < 1.29 is 19.5 Å². The lowest BCUT2D eigenvalue weighted by Crippen LogP contribution is -2.32. The van der Waals surface area contributed by atoms with Crippen LogP contribution in [0.4, 0.5) is 10.5 Å². The standard InChI is InChI=1S/C18H21N3O4S2/c1-25-17(23)20-13-8-12(10-19-11-13)14-4-5-15(27-14)18(9-16(22)21-24)6-2-3-7-26-18/h4-5,8,10-11,24H,2-3,6-7,9H2,1H3,(H,20,23)(H,21,22)/t18-/m0/s1. The van der Waals surface area contributed by atoms with E-state index in [4.69, 9.17) is 5.21 Å². The Morgan fingerprint density at radius 2 is 2.19 bits per heavy atom. The van der Waals surface area contributed by atoms with Crippen LogP contribution in [0.15, 0.2) is 30.6 Å². The minimum Gasteiger partial charge on any atom is -0.453 e. The Bertz CT molecular complexity index is 818. The van der Waals surface area contributed by atoms with E-state index in [-0.39, 0.29) is 17.1 Å². The second-order valence-corrected chi connectivity index (χ2v) is 8.82. The second-order valence-electron chi connectivity index (χ2n) is 6.25. The number of rotatable bonds is 5. The van der Waals surface area contributed by atoms with Gasteiger partial charge in [-0.3, -0.25) is 20.3 Å². The van der Waals surface area contributed by atoms with Gasteiger partial charge in [-0.2, -0.15) is 0 Å². The normalized spacial score (nSPS) is 19.3. The molecule has 0 radical (unpaired) electrons. The van der Waals surface area contributed by atoms with Gasteiger partial charge in [-0.05, 0) is 36.8 Å². The molecule has 1 aliphatic rings. The van der Waals surface area contributed by atoms with Crippen molar-refractivity contribution in [1.29, 1.82) is 0 Å². The number of aromatic nitrogens is 1. The maximum Gasteiger partial charge on any atom is 0.411 e. The summed E-state index contributed by atoms with van der Waals surface area (Å²) in [5.74, 6) is 0.622. The molecule has 0 unspecified atom stereocenters. The zero-order valence-electron chi connectivity index (χ0n) is 14.9. The Kier molecular flexibility index (Phi) is 6.35. The van der Waals surface area contributed by atoms with Crippen LogP contribution in [0.5, 0.6) is 0 Å². The molecule has 1 atom stereocenters. The number of hydroxylamine groups is 1. The van der Waals surface area contributed by atoms with Crippen LogP contribution in [-0.2, 0) is 14.3 Å². The summed E-state index contributed by atoms with van der Waals surface area (Å²) in [7, 11) is 1.31. The van der Waals surface area contributed by atoms with Crippen LogP contribution in [0.2, 0.25) is 0 Å². The fourth-order valence-corrected chi connectivity index (χ4v) is 5.99. The van der Waals surface area contributed by atoms with E-state index in [0.717, 1.165) is 40.3 Å². The van der Waals surface area contributed by atoms with Gasteiger partial charge in [0.25, 0.3) is 0 Å². The van der Waals surface area contributed by atoms with Crippen LogP contribution in [0.1, 0.15) is 30.6 Å². The maximum atomic E-state index is 11.9. The van der Waals surface area contributed by atoms with Gasteiger partial charge >= 0.3 is 6.09 Å². The molecule has 2 amide bonds. The van der Waals surface area contributed by atoms with Gasteiger partial charge in [-0.1, -0.05) is 6.42 Å². The lowest BCUT2D eigenvalue weighted by atomic mass is 9.94. The van der Waals surface area contributed by atoms with Crippen molar-refractivity contribution in [2.45, 2.75) is 30.4 Å². The predicted octanol–water partition coefficient (Wildman–Crippen LogP) is 4.00. The second kappa shape index (κ2) is 8.73. The number of hydrogen-bond acceptors (Lipinski definition) is 7. The first-order valence-corrected chi connectivity index (χ1v) is 10.3. The van der Waals surface area contributed by atoms with Gasteiger partial charge in [0.05, 0.1) is 23.7 Å². The van der Waals surface area contributed by atoms with Gasteiger partial charge in [0.2, 0.25) is 5.91 Å². The van der Waals surface area contributed by atoms with Crippen LogP contribution in [0, 0.1) is 0 Å². The first-order chi connectivity index (χ1) is 13.1. The summed E-state index contributed by atoms with van der Waals surface area (Å²) < 4.78 is 4.29. The highest BCUT2D eigenvalue weighted by atomic mass is 32.2. The number of amides is 2. The van der Waals surface area contributed by atoms with Crippen molar-refractivity contribution >= 4 is 40.8 Å². The fourth-order valence-electron chi connectivity index (χ4n) is 3.12. The molecule has 0 spiro atoms. The van der Waals surface area contributed by atoms with E-state index in [1.807, 2.05) is 18.2 Å². The third-order valence-corrected chi connectivity index (χ3v) is 7.52. The third kappa shape index (κ3) is 4.60. The van der Waals surface area contributed by atoms with E-state index in [2.05, 4.69) is 15.0 Å². The van der Waals surface area contributed by atoms with E-state index in [0.29, 0.717) is 5.69 Å². The van der Waals surface area contributed by atoms with E-state index >= 15 is 0 Å². The molecule has 3 rings (SSSR count). The van der Waals surface area contributed by atoms with Gasteiger partial charge < -0.3 is 4.74 Å². The van der Waals surface area contributed by atoms with Gasteiger partial charge in [-0.15, -0.1) is 23.1 Å². The Labute approximate surface area is 165 Å². The van der Waals surface area contributed by atoms with Crippen molar-refractivity contribution in [1.82, 2.24) is 10.5 Å². The number of carbonyl (C=O) groups excluding carboxylic acids is 2. The molecule has 27 heavy (non-hydrogen) atoms. The Hall–Kier alpha value is -2.10. The van der Waals surface area contributed by atoms with E-state index in [1.165, 1.54) is 7.11 Å². The highest BCUT2D eigenvalue weighted by Crippen LogP contribution is 2.50. The summed E-state index contributed by atoms with van der Waals surface area (Å²) in [6.07, 6.45) is 6.07. The Morgan fingerprint density at radius 1 is 1.33 bits per heavy atom. The lowest BCUT2D eigenvalue weighted by molar-refractivity contribution is -0.129. The predicted molar refractivity (Wildman–Crippen MR) is 106 cm³/mol. The van der Waals surface area contributed by atoms with Crippen LogP contribution in [0.25, 0.3) is 10.4 Å². The largest absolute Gasteiger partial charge is 0.453 e. The van der Waals surface area contributed by atoms with Crippen LogP contribution in [-0.4, -0.2) is 35.1 Å². The molecule has 1 saturated heterocycles. The first kappa shape index (κ1) is 19.7. The van der Waals surface area contributed by atoms with Crippen molar-refractivity contribution in [2.24, 2.45) is 0 Å². The van der Waals surface area contributed by atoms with Gasteiger partial charge in [0, 0.05) is 27.9 Å². The summed E-state index contributed by atoms with van der Waals surface area (Å²) in [5.41, 5.74) is 3.20. The molecular weight excluding hydrogens is 386 g/mol. The van der Waals surface area contributed by atoms with E-state index in [1.54, 1.807) is 41.0 Å². The monoisotopic (exact) mass is 407 g/mol. The number of anilines is 1.